The van der Waals surface area contributed by atoms with Gasteiger partial charge < -0.3 is 14.4 Å². The Morgan fingerprint density at radius 3 is 2.70 bits per heavy atom. The Labute approximate surface area is 120 Å². The molecule has 1 aromatic heterocycles. The molecule has 0 aliphatic heterocycles. The number of aromatic nitrogens is 2. The van der Waals surface area contributed by atoms with Crippen LogP contribution in [0.2, 0.25) is 0 Å². The quantitative estimate of drug-likeness (QED) is 0.712. The third-order valence-corrected chi connectivity index (χ3v) is 2.62. The van der Waals surface area contributed by atoms with Crippen molar-refractivity contribution in [2.24, 2.45) is 0 Å². The second-order valence-corrected chi connectivity index (χ2v) is 4.92. The molecule has 1 rings (SSSR count). The van der Waals surface area contributed by atoms with Crippen LogP contribution in [0.3, 0.4) is 0 Å². The van der Waals surface area contributed by atoms with Gasteiger partial charge in [0.05, 0.1) is 13.2 Å². The van der Waals surface area contributed by atoms with E-state index >= 15 is 0 Å². The molecule has 0 saturated carbocycles. The molecule has 0 radical (unpaired) electrons. The summed E-state index contributed by atoms with van der Waals surface area (Å²) in [6, 6.07) is 1.81. The molecule has 0 aromatic carbocycles. The van der Waals surface area contributed by atoms with Gasteiger partial charge in [-0.05, 0) is 27.2 Å². The van der Waals surface area contributed by atoms with Gasteiger partial charge >= 0.3 is 5.97 Å². The van der Waals surface area contributed by atoms with Crippen molar-refractivity contribution in [1.82, 2.24) is 9.97 Å². The van der Waals surface area contributed by atoms with Crippen molar-refractivity contribution >= 4 is 11.9 Å². The lowest BCUT2D eigenvalue weighted by molar-refractivity contribution is -0.140. The number of anilines is 1. The van der Waals surface area contributed by atoms with Gasteiger partial charge in [0.15, 0.2) is 0 Å². The minimum absolute atomic E-state index is 0.0711. The zero-order valence-electron chi connectivity index (χ0n) is 12.8. The summed E-state index contributed by atoms with van der Waals surface area (Å²) in [6.07, 6.45) is 1.16. The topological polar surface area (TPSA) is 64.5 Å². The fourth-order valence-corrected chi connectivity index (χ4v) is 1.66. The summed E-state index contributed by atoms with van der Waals surface area (Å²) in [6.45, 7) is 6.49. The number of ether oxygens (including phenoxy) is 2. The molecule has 0 unspecified atom stereocenters. The van der Waals surface area contributed by atoms with Crippen LogP contribution in [0.4, 0.5) is 5.95 Å². The Hall–Kier alpha value is -1.85. The number of nitrogens with zero attached hydrogens (tertiary/aromatic N) is 3. The SMILES string of the molecule is COC(=O)CCCN(C)c1nc(C)cc(OC(C)C)n1. The molecule has 0 saturated heterocycles. The van der Waals surface area contributed by atoms with E-state index in [-0.39, 0.29) is 12.1 Å². The first kappa shape index (κ1) is 16.2. The smallest absolute Gasteiger partial charge is 0.305 e. The highest BCUT2D eigenvalue weighted by molar-refractivity contribution is 5.69. The second-order valence-electron chi connectivity index (χ2n) is 4.92. The van der Waals surface area contributed by atoms with E-state index in [2.05, 4.69) is 14.7 Å². The van der Waals surface area contributed by atoms with E-state index in [1.165, 1.54) is 7.11 Å². The summed E-state index contributed by atoms with van der Waals surface area (Å²) < 4.78 is 10.2. The van der Waals surface area contributed by atoms with Gasteiger partial charge in [-0.25, -0.2) is 4.98 Å². The molecule has 20 heavy (non-hydrogen) atoms. The van der Waals surface area contributed by atoms with Crippen LogP contribution in [0.5, 0.6) is 5.88 Å². The molecule has 0 aliphatic rings. The zero-order chi connectivity index (χ0) is 15.1. The third-order valence-electron chi connectivity index (χ3n) is 2.62. The Bertz CT molecular complexity index is 449. The molecule has 1 heterocycles. The highest BCUT2D eigenvalue weighted by Crippen LogP contribution is 2.16. The molecule has 0 amide bonds. The molecular formula is C14H23N3O3. The Morgan fingerprint density at radius 2 is 2.10 bits per heavy atom. The van der Waals surface area contributed by atoms with E-state index in [1.807, 2.05) is 38.8 Å². The predicted molar refractivity (Wildman–Crippen MR) is 77.1 cm³/mol. The lowest BCUT2D eigenvalue weighted by atomic mass is 10.3. The highest BCUT2D eigenvalue weighted by Gasteiger charge is 2.10. The van der Waals surface area contributed by atoms with Crippen molar-refractivity contribution in [2.45, 2.75) is 39.7 Å². The lowest BCUT2D eigenvalue weighted by Crippen LogP contribution is -2.22. The summed E-state index contributed by atoms with van der Waals surface area (Å²) in [5.74, 6) is 0.972. The first-order chi connectivity index (χ1) is 9.42. The minimum Gasteiger partial charge on any atom is -0.475 e. The third kappa shape index (κ3) is 5.42. The van der Waals surface area contributed by atoms with Crippen LogP contribution in [0.15, 0.2) is 6.07 Å². The van der Waals surface area contributed by atoms with E-state index in [9.17, 15) is 4.79 Å². The normalized spacial score (nSPS) is 10.5. The van der Waals surface area contributed by atoms with E-state index in [1.54, 1.807) is 0 Å². The number of rotatable bonds is 7. The molecule has 0 N–H and O–H groups in total. The minimum atomic E-state index is -0.201. The first-order valence-corrected chi connectivity index (χ1v) is 6.72. The van der Waals surface area contributed by atoms with Crippen molar-refractivity contribution < 1.29 is 14.3 Å². The summed E-state index contributed by atoms with van der Waals surface area (Å²) in [5, 5.41) is 0. The maximum Gasteiger partial charge on any atom is 0.305 e. The van der Waals surface area contributed by atoms with E-state index in [4.69, 9.17) is 4.74 Å². The van der Waals surface area contributed by atoms with Crippen molar-refractivity contribution in [1.29, 1.82) is 0 Å². The maximum atomic E-state index is 11.1. The van der Waals surface area contributed by atoms with Crippen molar-refractivity contribution in [3.63, 3.8) is 0 Å². The fraction of sp³-hybridized carbons (Fsp3) is 0.643. The van der Waals surface area contributed by atoms with Gasteiger partial charge in [0.1, 0.15) is 0 Å². The number of carbonyl (C=O) groups excluding carboxylic acids is 1. The van der Waals surface area contributed by atoms with Crippen molar-refractivity contribution in [2.75, 3.05) is 25.6 Å². The lowest BCUT2D eigenvalue weighted by Gasteiger charge is -2.18. The fourth-order valence-electron chi connectivity index (χ4n) is 1.66. The number of aryl methyl sites for hydroxylation is 1. The van der Waals surface area contributed by atoms with Crippen LogP contribution >= 0.6 is 0 Å². The summed E-state index contributed by atoms with van der Waals surface area (Å²) >= 11 is 0. The first-order valence-electron chi connectivity index (χ1n) is 6.72. The number of hydrogen-bond acceptors (Lipinski definition) is 6. The Balaban J connectivity index is 2.64. The molecule has 0 atom stereocenters. The van der Waals surface area contributed by atoms with Gasteiger partial charge in [-0.15, -0.1) is 0 Å². The molecule has 0 bridgehead atoms. The molecule has 1 aromatic rings. The molecule has 112 valence electrons. The van der Waals surface area contributed by atoms with Gasteiger partial charge in [-0.3, -0.25) is 4.79 Å². The average Bonchev–Trinajstić information content (AvgIpc) is 2.36. The monoisotopic (exact) mass is 281 g/mol. The summed E-state index contributed by atoms with van der Waals surface area (Å²) in [4.78, 5) is 21.7. The molecule has 6 heteroatoms. The summed E-state index contributed by atoms with van der Waals surface area (Å²) in [7, 11) is 3.29. The van der Waals surface area contributed by atoms with Crippen LogP contribution in [-0.4, -0.2) is 42.7 Å². The largest absolute Gasteiger partial charge is 0.475 e. The second kappa shape index (κ2) is 7.67. The molecule has 0 fully saturated rings. The average molecular weight is 281 g/mol. The van der Waals surface area contributed by atoms with Crippen molar-refractivity contribution in [3.05, 3.63) is 11.8 Å². The van der Waals surface area contributed by atoms with Gasteiger partial charge in [-0.2, -0.15) is 4.98 Å². The van der Waals surface area contributed by atoms with Crippen LogP contribution in [0.25, 0.3) is 0 Å². The maximum absolute atomic E-state index is 11.1. The number of esters is 1. The molecule has 0 aliphatic carbocycles. The van der Waals surface area contributed by atoms with Crippen LogP contribution in [0.1, 0.15) is 32.4 Å². The van der Waals surface area contributed by atoms with E-state index in [0.717, 1.165) is 5.69 Å². The van der Waals surface area contributed by atoms with Crippen LogP contribution in [0, 0.1) is 6.92 Å². The number of hydrogen-bond donors (Lipinski definition) is 0. The summed E-state index contributed by atoms with van der Waals surface area (Å²) in [5.41, 5.74) is 0.852. The standard InChI is InChI=1S/C14H23N3O3/c1-10(2)20-12-9-11(3)15-14(16-12)17(4)8-6-7-13(18)19-5/h9-10H,6-8H2,1-5H3. The molecular weight excluding hydrogens is 258 g/mol. The molecule has 6 nitrogen and oxygen atoms in total. The van der Waals surface area contributed by atoms with E-state index < -0.39 is 0 Å². The number of carbonyl (C=O) groups is 1. The van der Waals surface area contributed by atoms with Gasteiger partial charge in [0.25, 0.3) is 0 Å². The predicted octanol–water partition coefficient (Wildman–Crippen LogP) is 1.96. The Kier molecular flexibility index (Phi) is 6.21. The van der Waals surface area contributed by atoms with Gasteiger partial charge in [0.2, 0.25) is 11.8 Å². The van der Waals surface area contributed by atoms with Gasteiger partial charge in [-0.1, -0.05) is 0 Å². The number of methoxy groups -OCH3 is 1. The van der Waals surface area contributed by atoms with Gasteiger partial charge in [0, 0.05) is 31.8 Å². The molecule has 0 spiro atoms. The van der Waals surface area contributed by atoms with Crippen molar-refractivity contribution in [3.8, 4) is 5.88 Å². The van der Waals surface area contributed by atoms with Crippen LogP contribution < -0.4 is 9.64 Å². The zero-order valence-corrected chi connectivity index (χ0v) is 12.8. The highest BCUT2D eigenvalue weighted by atomic mass is 16.5. The Morgan fingerprint density at radius 1 is 1.40 bits per heavy atom. The van der Waals surface area contributed by atoms with E-state index in [0.29, 0.717) is 31.2 Å². The van der Waals surface area contributed by atoms with Crippen LogP contribution in [-0.2, 0) is 9.53 Å².